The molecule has 0 saturated heterocycles. The molecule has 130 valence electrons. The zero-order chi connectivity index (χ0) is 17.9. The average molecular weight is 468 g/mol. The molecule has 4 aromatic rings. The highest BCUT2D eigenvalue weighted by Gasteiger charge is 2.25. The van der Waals surface area contributed by atoms with Gasteiger partial charge in [0.05, 0.1) is 0 Å². The molecule has 4 rings (SSSR count). The number of halogens is 2. The highest BCUT2D eigenvalue weighted by atomic mass is 79.9. The number of benzene rings is 4. The summed E-state index contributed by atoms with van der Waals surface area (Å²) in [7, 11) is 0. The van der Waals surface area contributed by atoms with E-state index in [1.165, 1.54) is 32.7 Å². The first-order valence-electron chi connectivity index (χ1n) is 8.90. The van der Waals surface area contributed by atoms with Gasteiger partial charge in [-0.05, 0) is 32.7 Å². The quantitative estimate of drug-likeness (QED) is 0.264. The number of rotatable bonds is 5. The van der Waals surface area contributed by atoms with Crippen molar-refractivity contribution in [3.05, 3.63) is 96.1 Å². The van der Waals surface area contributed by atoms with Crippen LogP contribution < -0.4 is 0 Å². The SMILES string of the molecule is BrC[C@H](c1cccc2ccccc12)[C@H](CBr)c1cccc2ccccc12. The molecule has 0 saturated carbocycles. The molecule has 0 heterocycles. The molecule has 0 N–H and O–H groups in total. The summed E-state index contributed by atoms with van der Waals surface area (Å²) in [5.41, 5.74) is 2.83. The Balaban J connectivity index is 1.88. The van der Waals surface area contributed by atoms with Crippen LogP contribution in [0.3, 0.4) is 0 Å². The van der Waals surface area contributed by atoms with Gasteiger partial charge in [0.2, 0.25) is 0 Å². The van der Waals surface area contributed by atoms with Crippen molar-refractivity contribution < 1.29 is 0 Å². The molecule has 2 heteroatoms. The molecule has 2 atom stereocenters. The molecule has 4 aromatic carbocycles. The van der Waals surface area contributed by atoms with E-state index >= 15 is 0 Å². The monoisotopic (exact) mass is 466 g/mol. The highest BCUT2D eigenvalue weighted by Crippen LogP contribution is 2.41. The molecule has 0 nitrogen and oxygen atoms in total. The van der Waals surface area contributed by atoms with Crippen molar-refractivity contribution in [1.29, 1.82) is 0 Å². The zero-order valence-corrected chi connectivity index (χ0v) is 17.6. The lowest BCUT2D eigenvalue weighted by Crippen LogP contribution is -2.15. The fourth-order valence-corrected chi connectivity index (χ4v) is 5.56. The van der Waals surface area contributed by atoms with E-state index in [4.69, 9.17) is 0 Å². The van der Waals surface area contributed by atoms with Crippen LogP contribution in [0.15, 0.2) is 84.9 Å². The van der Waals surface area contributed by atoms with Gasteiger partial charge >= 0.3 is 0 Å². The average Bonchev–Trinajstić information content (AvgIpc) is 2.71. The van der Waals surface area contributed by atoms with Crippen molar-refractivity contribution in [2.24, 2.45) is 0 Å². The van der Waals surface area contributed by atoms with Crippen molar-refractivity contribution in [2.45, 2.75) is 11.8 Å². The van der Waals surface area contributed by atoms with E-state index in [0.29, 0.717) is 11.8 Å². The molecule has 26 heavy (non-hydrogen) atoms. The van der Waals surface area contributed by atoms with Crippen molar-refractivity contribution >= 4 is 53.4 Å². The van der Waals surface area contributed by atoms with Crippen LogP contribution >= 0.6 is 31.9 Å². The van der Waals surface area contributed by atoms with Gasteiger partial charge in [-0.1, -0.05) is 117 Å². The Bertz CT molecular complexity index is 942. The maximum Gasteiger partial charge on any atom is 0.0107 e. The van der Waals surface area contributed by atoms with E-state index in [-0.39, 0.29) is 0 Å². The van der Waals surface area contributed by atoms with E-state index in [9.17, 15) is 0 Å². The Morgan fingerprint density at radius 2 is 0.885 bits per heavy atom. The summed E-state index contributed by atoms with van der Waals surface area (Å²) in [6.45, 7) is 0. The largest absolute Gasteiger partial charge is 0.0921 e. The molecule has 0 aliphatic heterocycles. The van der Waals surface area contributed by atoms with Crippen LogP contribution in [0.1, 0.15) is 23.0 Å². The van der Waals surface area contributed by atoms with Gasteiger partial charge in [-0.2, -0.15) is 0 Å². The molecule has 0 bridgehead atoms. The van der Waals surface area contributed by atoms with E-state index in [2.05, 4.69) is 117 Å². The minimum absolute atomic E-state index is 0.395. The van der Waals surface area contributed by atoms with Crippen molar-refractivity contribution in [3.63, 3.8) is 0 Å². The molecule has 0 aliphatic rings. The van der Waals surface area contributed by atoms with E-state index in [1.807, 2.05) is 0 Å². The standard InChI is InChI=1S/C24H20Br2/c25-15-23(21-13-5-9-17-7-1-3-11-19(17)21)24(16-26)22-14-6-10-18-8-2-4-12-20(18)22/h1-14,23-24H,15-16H2/t23-,24-/m1/s1. The van der Waals surface area contributed by atoms with Crippen molar-refractivity contribution in [2.75, 3.05) is 10.7 Å². The highest BCUT2D eigenvalue weighted by molar-refractivity contribution is 9.09. The molecule has 0 radical (unpaired) electrons. The fourth-order valence-electron chi connectivity index (χ4n) is 3.96. The second kappa shape index (κ2) is 7.94. The molecule has 0 spiro atoms. The lowest BCUT2D eigenvalue weighted by Gasteiger charge is -2.27. The van der Waals surface area contributed by atoms with Gasteiger partial charge in [0.15, 0.2) is 0 Å². The van der Waals surface area contributed by atoms with Crippen LogP contribution in [-0.4, -0.2) is 10.7 Å². The number of hydrogen-bond acceptors (Lipinski definition) is 0. The first-order valence-corrected chi connectivity index (χ1v) is 11.1. The van der Waals surface area contributed by atoms with Gasteiger partial charge < -0.3 is 0 Å². The lowest BCUT2D eigenvalue weighted by molar-refractivity contribution is 0.655. The van der Waals surface area contributed by atoms with Gasteiger partial charge in [-0.25, -0.2) is 0 Å². The van der Waals surface area contributed by atoms with Crippen molar-refractivity contribution in [3.8, 4) is 0 Å². The third-order valence-electron chi connectivity index (χ3n) is 5.26. The molecule has 0 amide bonds. The Kier molecular flexibility index (Phi) is 5.42. The minimum atomic E-state index is 0.395. The van der Waals surface area contributed by atoms with Crippen molar-refractivity contribution in [1.82, 2.24) is 0 Å². The second-order valence-electron chi connectivity index (χ2n) is 6.66. The van der Waals surface area contributed by atoms with Crippen LogP contribution in [-0.2, 0) is 0 Å². The van der Waals surface area contributed by atoms with Crippen LogP contribution in [0.2, 0.25) is 0 Å². The van der Waals surface area contributed by atoms with Crippen LogP contribution in [0.4, 0.5) is 0 Å². The van der Waals surface area contributed by atoms with E-state index in [1.54, 1.807) is 0 Å². The van der Waals surface area contributed by atoms with Gasteiger partial charge in [0, 0.05) is 22.5 Å². The summed E-state index contributed by atoms with van der Waals surface area (Å²) in [5, 5.41) is 7.18. The molecule has 0 aromatic heterocycles. The lowest BCUT2D eigenvalue weighted by atomic mass is 9.80. The van der Waals surface area contributed by atoms with Gasteiger partial charge in [0.1, 0.15) is 0 Å². The Morgan fingerprint density at radius 1 is 0.500 bits per heavy atom. The minimum Gasteiger partial charge on any atom is -0.0921 e. The topological polar surface area (TPSA) is 0 Å². The van der Waals surface area contributed by atoms with Crippen LogP contribution in [0.25, 0.3) is 21.5 Å². The first kappa shape index (κ1) is 17.8. The van der Waals surface area contributed by atoms with Gasteiger partial charge in [-0.3, -0.25) is 0 Å². The van der Waals surface area contributed by atoms with E-state index < -0.39 is 0 Å². The molecular weight excluding hydrogens is 448 g/mol. The molecule has 0 aliphatic carbocycles. The number of fused-ring (bicyclic) bond motifs is 2. The summed E-state index contributed by atoms with van der Waals surface area (Å²) in [6.07, 6.45) is 0. The predicted octanol–water partition coefficient (Wildman–Crippen LogP) is 7.65. The molecular formula is C24H20Br2. The Hall–Kier alpha value is -1.64. The Morgan fingerprint density at radius 3 is 1.31 bits per heavy atom. The maximum atomic E-state index is 3.82. The van der Waals surface area contributed by atoms with Crippen LogP contribution in [0.5, 0.6) is 0 Å². The summed E-state index contributed by atoms with van der Waals surface area (Å²) < 4.78 is 0. The zero-order valence-electron chi connectivity index (χ0n) is 14.4. The second-order valence-corrected chi connectivity index (χ2v) is 7.95. The van der Waals surface area contributed by atoms with Crippen LogP contribution in [0, 0.1) is 0 Å². The van der Waals surface area contributed by atoms with Gasteiger partial charge in [0.25, 0.3) is 0 Å². The normalized spacial score (nSPS) is 13.8. The Labute approximate surface area is 171 Å². The molecule has 0 unspecified atom stereocenters. The fraction of sp³-hybridized carbons (Fsp3) is 0.167. The summed E-state index contributed by atoms with van der Waals surface area (Å²) in [5.74, 6) is 0.789. The van der Waals surface area contributed by atoms with E-state index in [0.717, 1.165) is 10.7 Å². The smallest absolute Gasteiger partial charge is 0.0107 e. The number of hydrogen-bond donors (Lipinski definition) is 0. The summed E-state index contributed by atoms with van der Waals surface area (Å²) in [4.78, 5) is 0. The maximum absolute atomic E-state index is 3.82. The third kappa shape index (κ3) is 3.21. The summed E-state index contributed by atoms with van der Waals surface area (Å²) >= 11 is 7.64. The predicted molar refractivity (Wildman–Crippen MR) is 121 cm³/mol. The summed E-state index contributed by atoms with van der Waals surface area (Å²) in [6, 6.07) is 30.7. The van der Waals surface area contributed by atoms with Gasteiger partial charge in [-0.15, -0.1) is 0 Å². The third-order valence-corrected chi connectivity index (χ3v) is 6.66. The first-order chi connectivity index (χ1) is 12.8. The number of alkyl halides is 2. The molecule has 0 fully saturated rings.